The zero-order chi connectivity index (χ0) is 28.4. The summed E-state index contributed by atoms with van der Waals surface area (Å²) in [4.78, 5) is 27.3. The second-order valence-electron chi connectivity index (χ2n) is 10.5. The molecule has 0 radical (unpaired) electrons. The minimum atomic E-state index is -4.44. The maximum atomic E-state index is 13.3. The highest BCUT2D eigenvalue weighted by molar-refractivity contribution is 5.95. The molecule has 2 amide bonds. The van der Waals surface area contributed by atoms with E-state index in [1.165, 1.54) is 6.07 Å². The lowest BCUT2D eigenvalue weighted by molar-refractivity contribution is -0.137. The average Bonchev–Trinajstić information content (AvgIpc) is 3.82. The van der Waals surface area contributed by atoms with Gasteiger partial charge in [-0.25, -0.2) is 0 Å². The molecule has 1 saturated carbocycles. The van der Waals surface area contributed by atoms with Gasteiger partial charge in [0.05, 0.1) is 11.6 Å². The molecular weight excluding hydrogens is 515 g/mol. The fraction of sp³-hybridized carbons (Fsp3) is 0.312. The highest BCUT2D eigenvalue weighted by atomic mass is 19.4. The predicted octanol–water partition coefficient (Wildman–Crippen LogP) is 6.35. The van der Waals surface area contributed by atoms with Crippen LogP contribution in [0.1, 0.15) is 64.8 Å². The molecular formula is C32H32F3N3O2. The number of hydrogen-bond acceptors (Lipinski definition) is 3. The number of amides is 2. The molecule has 3 N–H and O–H groups in total. The largest absolute Gasteiger partial charge is 0.416 e. The monoisotopic (exact) mass is 547 g/mol. The van der Waals surface area contributed by atoms with Gasteiger partial charge in [-0.05, 0) is 83.8 Å². The molecule has 1 atom stereocenters. The lowest BCUT2D eigenvalue weighted by Gasteiger charge is -2.27. The van der Waals surface area contributed by atoms with Gasteiger partial charge in [-0.15, -0.1) is 0 Å². The van der Waals surface area contributed by atoms with E-state index < -0.39 is 11.7 Å². The smallest absolute Gasteiger partial charge is 0.346 e. The molecule has 0 saturated heterocycles. The summed E-state index contributed by atoms with van der Waals surface area (Å²) >= 11 is 0. The Balaban J connectivity index is 1.26. The second-order valence-corrected chi connectivity index (χ2v) is 10.5. The summed E-state index contributed by atoms with van der Waals surface area (Å²) in [7, 11) is 0. The van der Waals surface area contributed by atoms with Gasteiger partial charge in [0.15, 0.2) is 0 Å². The highest BCUT2D eigenvalue weighted by Crippen LogP contribution is 2.35. The molecule has 5 nitrogen and oxygen atoms in total. The van der Waals surface area contributed by atoms with Crippen LogP contribution in [0, 0.1) is 5.92 Å². The summed E-state index contributed by atoms with van der Waals surface area (Å²) in [5, 5.41) is 3.01. The van der Waals surface area contributed by atoms with Crippen molar-refractivity contribution in [1.82, 2.24) is 10.2 Å². The molecule has 1 aliphatic carbocycles. The Hall–Kier alpha value is -3.91. The first kappa shape index (κ1) is 27.6. The van der Waals surface area contributed by atoms with Gasteiger partial charge in [0, 0.05) is 31.1 Å². The minimum Gasteiger partial charge on any atom is -0.346 e. The van der Waals surface area contributed by atoms with Gasteiger partial charge in [0.1, 0.15) is 0 Å². The zero-order valence-corrected chi connectivity index (χ0v) is 22.3. The molecule has 1 fully saturated rings. The molecule has 3 aromatic carbocycles. The number of carbonyl (C=O) groups excluding carboxylic acids is 2. The third kappa shape index (κ3) is 6.12. The van der Waals surface area contributed by atoms with E-state index in [1.807, 2.05) is 30.0 Å². The number of rotatable bonds is 7. The molecule has 0 bridgehead atoms. The van der Waals surface area contributed by atoms with Gasteiger partial charge in [0.25, 0.3) is 5.91 Å². The van der Waals surface area contributed by atoms with Crippen LogP contribution in [-0.4, -0.2) is 29.8 Å². The molecule has 8 heteroatoms. The Morgan fingerprint density at radius 2 is 1.77 bits per heavy atom. The Morgan fingerprint density at radius 1 is 1.02 bits per heavy atom. The maximum Gasteiger partial charge on any atom is 0.416 e. The first-order valence-corrected chi connectivity index (χ1v) is 13.5. The van der Waals surface area contributed by atoms with Gasteiger partial charge in [-0.2, -0.15) is 13.2 Å². The van der Waals surface area contributed by atoms with Gasteiger partial charge in [-0.1, -0.05) is 48.5 Å². The summed E-state index contributed by atoms with van der Waals surface area (Å²) in [5.41, 5.74) is 10.2. The number of benzene rings is 3. The lowest BCUT2D eigenvalue weighted by atomic mass is 9.95. The molecule has 5 rings (SSSR count). The standard InChI is InChI=1S/C32H32F3N3O2/c1-20(21-5-7-23(8-6-21)29-18-28(32(33,34)35)12-11-27(29)19-36)37-30(39)26-4-2-3-25(17-26)22-13-15-38(16-14-22)31(40)24-9-10-24/h2-8,11-13,17-18,20,24H,9-10,14-16,19,36H2,1H3,(H,37,39)/t20-/m1/s1. The zero-order valence-electron chi connectivity index (χ0n) is 22.3. The van der Waals surface area contributed by atoms with E-state index in [9.17, 15) is 22.8 Å². The number of nitrogens with two attached hydrogens (primary N) is 1. The molecule has 0 unspecified atom stereocenters. The first-order chi connectivity index (χ1) is 19.1. The number of nitrogens with one attached hydrogen (secondary N) is 1. The summed E-state index contributed by atoms with van der Waals surface area (Å²) < 4.78 is 39.8. The molecule has 0 aromatic heterocycles. The van der Waals surface area contributed by atoms with Gasteiger partial charge >= 0.3 is 6.18 Å². The summed E-state index contributed by atoms with van der Waals surface area (Å²) in [5.74, 6) is 0.243. The van der Waals surface area contributed by atoms with Crippen molar-refractivity contribution in [2.75, 3.05) is 13.1 Å². The van der Waals surface area contributed by atoms with Gasteiger partial charge < -0.3 is 16.0 Å². The van der Waals surface area contributed by atoms with Crippen LogP contribution in [0.25, 0.3) is 16.7 Å². The molecule has 2 aliphatic rings. The van der Waals surface area contributed by atoms with E-state index >= 15 is 0 Å². The van der Waals surface area contributed by atoms with E-state index in [-0.39, 0.29) is 30.3 Å². The van der Waals surface area contributed by atoms with Crippen LogP contribution in [0.2, 0.25) is 0 Å². The Bertz CT molecular complexity index is 1440. The maximum absolute atomic E-state index is 13.3. The molecule has 0 spiro atoms. The van der Waals surface area contributed by atoms with E-state index in [1.54, 1.807) is 30.3 Å². The second kappa shape index (κ2) is 11.3. The van der Waals surface area contributed by atoms with Crippen LogP contribution in [0.5, 0.6) is 0 Å². The first-order valence-electron chi connectivity index (χ1n) is 13.5. The average molecular weight is 548 g/mol. The molecule has 40 heavy (non-hydrogen) atoms. The lowest BCUT2D eigenvalue weighted by Crippen LogP contribution is -2.35. The minimum absolute atomic E-state index is 0.120. The van der Waals surface area contributed by atoms with Crippen molar-refractivity contribution in [1.29, 1.82) is 0 Å². The number of nitrogens with zero attached hydrogens (tertiary/aromatic N) is 1. The number of halogens is 3. The molecule has 208 valence electrons. The van der Waals surface area contributed by atoms with E-state index in [2.05, 4.69) is 11.4 Å². The summed E-state index contributed by atoms with van der Waals surface area (Å²) in [6.07, 6.45) is 0.379. The fourth-order valence-electron chi connectivity index (χ4n) is 5.09. The van der Waals surface area contributed by atoms with Crippen LogP contribution < -0.4 is 11.1 Å². The highest BCUT2D eigenvalue weighted by Gasteiger charge is 2.34. The summed E-state index contributed by atoms with van der Waals surface area (Å²) in [6.45, 7) is 3.27. The van der Waals surface area contributed by atoms with Crippen molar-refractivity contribution in [2.45, 2.75) is 44.9 Å². The Labute approximate surface area is 231 Å². The normalized spacial score (nSPS) is 16.3. The summed E-state index contributed by atoms with van der Waals surface area (Å²) in [6, 6.07) is 17.8. The van der Waals surface area contributed by atoms with Crippen molar-refractivity contribution >= 4 is 17.4 Å². The van der Waals surface area contributed by atoms with Crippen molar-refractivity contribution in [2.24, 2.45) is 11.7 Å². The Kier molecular flexibility index (Phi) is 7.81. The quantitative estimate of drug-likeness (QED) is 0.362. The topological polar surface area (TPSA) is 75.4 Å². The number of alkyl halides is 3. The van der Waals surface area contributed by atoms with E-state index in [0.29, 0.717) is 35.3 Å². The van der Waals surface area contributed by atoms with Crippen molar-refractivity contribution in [3.8, 4) is 11.1 Å². The van der Waals surface area contributed by atoms with Crippen molar-refractivity contribution < 1.29 is 22.8 Å². The third-order valence-corrected chi connectivity index (χ3v) is 7.67. The number of hydrogen-bond donors (Lipinski definition) is 2. The SMILES string of the molecule is C[C@@H](NC(=O)c1cccc(C2=CCN(C(=O)C3CC3)CC2)c1)c1ccc(-c2cc(C(F)(F)F)ccc2CN)cc1. The molecule has 1 heterocycles. The van der Waals surface area contributed by atoms with Crippen LogP contribution in [0.15, 0.2) is 72.8 Å². The fourth-order valence-corrected chi connectivity index (χ4v) is 5.09. The third-order valence-electron chi connectivity index (χ3n) is 7.67. The Morgan fingerprint density at radius 3 is 2.40 bits per heavy atom. The van der Waals surface area contributed by atoms with Crippen LogP contribution in [-0.2, 0) is 17.5 Å². The van der Waals surface area contributed by atoms with Gasteiger partial charge in [-0.3, -0.25) is 9.59 Å². The van der Waals surface area contributed by atoms with E-state index in [0.717, 1.165) is 48.1 Å². The van der Waals surface area contributed by atoms with Crippen molar-refractivity contribution in [3.63, 3.8) is 0 Å². The molecule has 3 aromatic rings. The predicted molar refractivity (Wildman–Crippen MR) is 149 cm³/mol. The van der Waals surface area contributed by atoms with Crippen LogP contribution in [0.3, 0.4) is 0 Å². The molecule has 1 aliphatic heterocycles. The van der Waals surface area contributed by atoms with E-state index in [4.69, 9.17) is 5.73 Å². The van der Waals surface area contributed by atoms with Crippen LogP contribution >= 0.6 is 0 Å². The number of carbonyl (C=O) groups is 2. The van der Waals surface area contributed by atoms with Crippen LogP contribution in [0.4, 0.5) is 13.2 Å². The van der Waals surface area contributed by atoms with Gasteiger partial charge in [0.2, 0.25) is 5.91 Å². The van der Waals surface area contributed by atoms with Crippen molar-refractivity contribution in [3.05, 3.63) is 101 Å².